The minimum atomic E-state index is -1.22. The van der Waals surface area contributed by atoms with Crippen molar-refractivity contribution in [2.45, 2.75) is 64.5 Å². The molecule has 0 amide bonds. The molecular formula is C13H27NO4Si. The van der Waals surface area contributed by atoms with E-state index in [9.17, 15) is 9.59 Å². The molecule has 0 rings (SSSR count). The molecule has 0 saturated heterocycles. The smallest absolute Gasteiger partial charge is 0.324 e. The molecule has 6 heteroatoms. The van der Waals surface area contributed by atoms with Gasteiger partial charge in [-0.2, -0.15) is 0 Å². The largest absolute Gasteiger partial charge is 0.466 e. The van der Waals surface area contributed by atoms with Gasteiger partial charge in [0.2, 0.25) is 0 Å². The van der Waals surface area contributed by atoms with Crippen molar-refractivity contribution in [3.05, 3.63) is 0 Å². The number of ether oxygens (including phenoxy) is 2. The maximum atomic E-state index is 11.6. The van der Waals surface area contributed by atoms with Crippen LogP contribution in [0.1, 0.15) is 27.2 Å². The van der Waals surface area contributed by atoms with E-state index in [1.54, 1.807) is 20.8 Å². The minimum absolute atomic E-state index is 0.138. The van der Waals surface area contributed by atoms with Gasteiger partial charge in [0.05, 0.1) is 13.0 Å². The number of hydrogen-bond acceptors (Lipinski definition) is 5. The summed E-state index contributed by atoms with van der Waals surface area (Å²) >= 11 is 0. The van der Waals surface area contributed by atoms with E-state index in [2.05, 4.69) is 19.6 Å². The number of carbonyl (C=O) groups is 2. The predicted octanol–water partition coefficient (Wildman–Crippen LogP) is 1.93. The van der Waals surface area contributed by atoms with Crippen LogP contribution in [0.15, 0.2) is 0 Å². The Labute approximate surface area is 116 Å². The molecule has 0 aromatic heterocycles. The van der Waals surface area contributed by atoms with Crippen LogP contribution in [0.3, 0.4) is 0 Å². The molecule has 0 radical (unpaired) electrons. The first-order chi connectivity index (χ1) is 8.41. The third-order valence-electron chi connectivity index (χ3n) is 2.21. The summed E-state index contributed by atoms with van der Waals surface area (Å²) in [6, 6.07) is -0.0564. The Morgan fingerprint density at radius 2 is 1.74 bits per heavy atom. The Kier molecular flexibility index (Phi) is 6.72. The van der Waals surface area contributed by atoms with E-state index in [1.807, 2.05) is 0 Å². The van der Waals surface area contributed by atoms with Crippen molar-refractivity contribution in [1.29, 1.82) is 0 Å². The highest BCUT2D eigenvalue weighted by molar-refractivity contribution is 6.76. The molecule has 0 fully saturated rings. The molecule has 19 heavy (non-hydrogen) atoms. The number of rotatable bonds is 6. The van der Waals surface area contributed by atoms with Gasteiger partial charge in [-0.25, -0.2) is 0 Å². The molecule has 0 aliphatic rings. The first-order valence-corrected chi connectivity index (χ1v) is 10.3. The fourth-order valence-corrected chi connectivity index (χ4v) is 1.88. The van der Waals surface area contributed by atoms with Crippen molar-refractivity contribution in [3.8, 4) is 0 Å². The summed E-state index contributed by atoms with van der Waals surface area (Å²) in [5.74, 6) is -1.02. The van der Waals surface area contributed by atoms with Gasteiger partial charge in [-0.15, -0.1) is 0 Å². The Morgan fingerprint density at radius 1 is 1.21 bits per heavy atom. The summed E-state index contributed by atoms with van der Waals surface area (Å²) < 4.78 is 10.2. The van der Waals surface area contributed by atoms with Crippen LogP contribution >= 0.6 is 0 Å². The molecule has 112 valence electrons. The second-order valence-corrected chi connectivity index (χ2v) is 12.5. The van der Waals surface area contributed by atoms with Crippen molar-refractivity contribution >= 4 is 20.0 Å². The third kappa shape index (κ3) is 10.7. The summed E-state index contributed by atoms with van der Waals surface area (Å²) in [5.41, 5.74) is 5.02. The molecule has 0 aliphatic carbocycles. The van der Waals surface area contributed by atoms with Crippen LogP contribution in [0.25, 0.3) is 0 Å². The van der Waals surface area contributed by atoms with E-state index in [0.717, 1.165) is 6.04 Å². The predicted molar refractivity (Wildman–Crippen MR) is 77.5 cm³/mol. The summed E-state index contributed by atoms with van der Waals surface area (Å²) in [6.45, 7) is 12.3. The molecule has 5 nitrogen and oxygen atoms in total. The standard InChI is InChI=1S/C13H27NO4Si/c1-13(2,3)18-12(16)10(14)9-11(15)17-7-8-19(4,5)6/h10H,7-9,14H2,1-6H3/t10-/m0/s1. The maximum Gasteiger partial charge on any atom is 0.324 e. The van der Waals surface area contributed by atoms with Crippen LogP contribution in [0.5, 0.6) is 0 Å². The van der Waals surface area contributed by atoms with Crippen molar-refractivity contribution in [1.82, 2.24) is 0 Å². The van der Waals surface area contributed by atoms with E-state index in [0.29, 0.717) is 6.61 Å². The van der Waals surface area contributed by atoms with Crippen molar-refractivity contribution < 1.29 is 19.1 Å². The zero-order valence-corrected chi connectivity index (χ0v) is 13.9. The van der Waals surface area contributed by atoms with Crippen LogP contribution in [0, 0.1) is 0 Å². The number of nitrogens with two attached hydrogens (primary N) is 1. The van der Waals surface area contributed by atoms with Gasteiger partial charge < -0.3 is 15.2 Å². The van der Waals surface area contributed by atoms with Crippen LogP contribution in [0.4, 0.5) is 0 Å². The third-order valence-corrected chi connectivity index (χ3v) is 3.92. The molecule has 0 aliphatic heterocycles. The number of carbonyl (C=O) groups excluding carboxylic acids is 2. The van der Waals surface area contributed by atoms with Gasteiger partial charge in [-0.1, -0.05) is 19.6 Å². The number of hydrogen-bond donors (Lipinski definition) is 1. The molecule has 0 unspecified atom stereocenters. The van der Waals surface area contributed by atoms with Crippen molar-refractivity contribution in [2.75, 3.05) is 6.61 Å². The van der Waals surface area contributed by atoms with Crippen molar-refractivity contribution in [2.24, 2.45) is 5.73 Å². The highest BCUT2D eigenvalue weighted by Crippen LogP contribution is 2.10. The zero-order chi connectivity index (χ0) is 15.3. The lowest BCUT2D eigenvalue weighted by Gasteiger charge is -2.22. The van der Waals surface area contributed by atoms with E-state index >= 15 is 0 Å². The summed E-state index contributed by atoms with van der Waals surface area (Å²) in [6.07, 6.45) is -0.138. The van der Waals surface area contributed by atoms with E-state index in [1.165, 1.54) is 0 Å². The lowest BCUT2D eigenvalue weighted by molar-refractivity contribution is -0.159. The lowest BCUT2D eigenvalue weighted by Crippen LogP contribution is -2.39. The van der Waals surface area contributed by atoms with Gasteiger partial charge >= 0.3 is 11.9 Å². The fraction of sp³-hybridized carbons (Fsp3) is 0.846. The summed E-state index contributed by atoms with van der Waals surface area (Å²) in [5, 5.41) is 0. The van der Waals surface area contributed by atoms with Crippen LogP contribution < -0.4 is 5.73 Å². The summed E-state index contributed by atoms with van der Waals surface area (Å²) in [4.78, 5) is 23.1. The SMILES string of the molecule is CC(C)(C)OC(=O)[C@@H](N)CC(=O)OCC[Si](C)(C)C. The molecule has 0 bridgehead atoms. The second kappa shape index (κ2) is 7.05. The fourth-order valence-electron chi connectivity index (χ4n) is 1.17. The van der Waals surface area contributed by atoms with E-state index < -0.39 is 31.7 Å². The lowest BCUT2D eigenvalue weighted by atomic mass is 10.1. The average Bonchev–Trinajstić information content (AvgIpc) is 2.12. The quantitative estimate of drug-likeness (QED) is 0.597. The van der Waals surface area contributed by atoms with Crippen molar-refractivity contribution in [3.63, 3.8) is 0 Å². The summed E-state index contributed by atoms with van der Waals surface area (Å²) in [7, 11) is -1.22. The topological polar surface area (TPSA) is 78.6 Å². The highest BCUT2D eigenvalue weighted by Gasteiger charge is 2.25. The molecule has 0 aromatic rings. The van der Waals surface area contributed by atoms with Gasteiger partial charge in [0.15, 0.2) is 0 Å². The van der Waals surface area contributed by atoms with Gasteiger partial charge in [0.1, 0.15) is 11.6 Å². The molecule has 2 N–H and O–H groups in total. The minimum Gasteiger partial charge on any atom is -0.466 e. The van der Waals surface area contributed by atoms with E-state index in [4.69, 9.17) is 15.2 Å². The van der Waals surface area contributed by atoms with Crippen LogP contribution in [-0.2, 0) is 19.1 Å². The maximum absolute atomic E-state index is 11.6. The van der Waals surface area contributed by atoms with Gasteiger partial charge in [0, 0.05) is 8.07 Å². The van der Waals surface area contributed by atoms with Gasteiger partial charge in [-0.3, -0.25) is 9.59 Å². The zero-order valence-electron chi connectivity index (χ0n) is 12.9. The second-order valence-electron chi connectivity index (χ2n) is 6.88. The molecule has 1 atom stereocenters. The first kappa shape index (κ1) is 18.1. The highest BCUT2D eigenvalue weighted by atomic mass is 28.3. The molecule has 0 spiro atoms. The molecule has 0 saturated carbocycles. The monoisotopic (exact) mass is 289 g/mol. The Hall–Kier alpha value is -0.883. The molecule has 0 heterocycles. The molecule has 0 aromatic carbocycles. The van der Waals surface area contributed by atoms with E-state index in [-0.39, 0.29) is 6.42 Å². The van der Waals surface area contributed by atoms with Crippen LogP contribution in [0.2, 0.25) is 25.7 Å². The van der Waals surface area contributed by atoms with Crippen LogP contribution in [-0.4, -0.2) is 38.3 Å². The normalized spacial score (nSPS) is 13.8. The van der Waals surface area contributed by atoms with Gasteiger partial charge in [-0.05, 0) is 26.8 Å². The Morgan fingerprint density at radius 3 is 2.16 bits per heavy atom. The number of esters is 2. The molecular weight excluding hydrogens is 262 g/mol. The average molecular weight is 289 g/mol. The first-order valence-electron chi connectivity index (χ1n) is 6.55. The Balaban J connectivity index is 4.02. The Bertz CT molecular complexity index is 318. The van der Waals surface area contributed by atoms with Gasteiger partial charge in [0.25, 0.3) is 0 Å².